The van der Waals surface area contributed by atoms with Gasteiger partial charge in [0, 0.05) is 6.20 Å². The van der Waals surface area contributed by atoms with Crippen molar-refractivity contribution in [1.82, 2.24) is 4.98 Å². The van der Waals surface area contributed by atoms with Gasteiger partial charge in [0.15, 0.2) is 5.03 Å². The number of carboxylic acids is 1. The fourth-order valence-electron chi connectivity index (χ4n) is 0.741. The maximum atomic E-state index is 12.1. The van der Waals surface area contributed by atoms with Gasteiger partial charge >= 0.3 is 18.3 Å². The van der Waals surface area contributed by atoms with Gasteiger partial charge in [-0.05, 0) is 12.1 Å². The third-order valence-electron chi connectivity index (χ3n) is 1.60. The number of nitrogens with two attached hydrogens (primary N) is 1. The molecule has 0 amide bonds. The minimum Gasteiger partial charge on any atom is -0.475 e. The Morgan fingerprint density at radius 1 is 1.19 bits per heavy atom. The van der Waals surface area contributed by atoms with E-state index >= 15 is 0 Å². The molecule has 0 aromatic carbocycles. The van der Waals surface area contributed by atoms with Crippen LogP contribution in [0.5, 0.6) is 0 Å². The van der Waals surface area contributed by atoms with E-state index in [2.05, 4.69) is 10.1 Å². The monoisotopic (exact) mass is 340 g/mol. The second kappa shape index (κ2) is 6.26. The summed E-state index contributed by atoms with van der Waals surface area (Å²) in [6, 6.07) is 1.05. The van der Waals surface area contributed by atoms with Crippen LogP contribution in [-0.4, -0.2) is 30.7 Å². The molecule has 0 aliphatic rings. The predicted octanol–water partition coefficient (Wildman–Crippen LogP) is 1.38. The highest BCUT2D eigenvalue weighted by Crippen LogP contribution is 2.29. The van der Waals surface area contributed by atoms with E-state index in [1.807, 2.05) is 0 Å². The number of rotatable bonds is 1. The molecule has 13 heteroatoms. The highest BCUT2D eigenvalue weighted by Gasteiger charge is 2.38. The van der Waals surface area contributed by atoms with Gasteiger partial charge in [0.1, 0.15) is 0 Å². The topological polar surface area (TPSA) is 110 Å². The number of carboxylic acid groups (broad SMARTS) is 1. The molecular weight excluding hydrogens is 334 g/mol. The quantitative estimate of drug-likeness (QED) is 0.751. The van der Waals surface area contributed by atoms with Crippen molar-refractivity contribution in [3.05, 3.63) is 23.9 Å². The standard InChI is InChI=1S/C6H5F3N2O2S.C2HF3O2/c7-6(8,9)4-1-2-11-5(3-4)14(10,12)13;3-2(4,5)1(6)7/h1-3H,(H2,10,12,13);(H,6,7). The van der Waals surface area contributed by atoms with Crippen LogP contribution in [0.3, 0.4) is 0 Å². The largest absolute Gasteiger partial charge is 0.490 e. The lowest BCUT2D eigenvalue weighted by Gasteiger charge is -2.06. The number of sulfonamides is 1. The molecule has 0 radical (unpaired) electrons. The van der Waals surface area contributed by atoms with Crippen molar-refractivity contribution in [2.75, 3.05) is 0 Å². The Labute approximate surface area is 113 Å². The molecule has 0 saturated carbocycles. The minimum atomic E-state index is -5.08. The van der Waals surface area contributed by atoms with Crippen LogP contribution in [0.25, 0.3) is 0 Å². The Bertz CT molecular complexity index is 610. The third-order valence-corrected chi connectivity index (χ3v) is 2.40. The summed E-state index contributed by atoms with van der Waals surface area (Å²) in [5.41, 5.74) is -1.10. The molecule has 0 aliphatic heterocycles. The van der Waals surface area contributed by atoms with E-state index in [4.69, 9.17) is 9.90 Å². The van der Waals surface area contributed by atoms with Crippen molar-refractivity contribution in [3.8, 4) is 0 Å². The lowest BCUT2D eigenvalue weighted by atomic mass is 10.3. The molecule has 6 nitrogen and oxygen atoms in total. The molecule has 0 saturated heterocycles. The molecule has 0 atom stereocenters. The molecule has 0 aliphatic carbocycles. The number of pyridine rings is 1. The molecule has 0 spiro atoms. The van der Waals surface area contributed by atoms with Gasteiger partial charge in [-0.3, -0.25) is 0 Å². The zero-order valence-corrected chi connectivity index (χ0v) is 10.4. The molecule has 0 bridgehead atoms. The van der Waals surface area contributed by atoms with Crippen molar-refractivity contribution in [2.45, 2.75) is 17.4 Å². The summed E-state index contributed by atoms with van der Waals surface area (Å²) in [6.45, 7) is 0. The summed E-state index contributed by atoms with van der Waals surface area (Å²) in [5.74, 6) is -2.76. The summed E-state index contributed by atoms with van der Waals surface area (Å²) in [7, 11) is -4.20. The van der Waals surface area contributed by atoms with Crippen LogP contribution in [-0.2, 0) is 21.0 Å². The second-order valence-corrected chi connectivity index (χ2v) is 4.74. The fraction of sp³-hybridized carbons (Fsp3) is 0.250. The molecule has 1 heterocycles. The Balaban J connectivity index is 0.000000486. The number of hydrogen-bond acceptors (Lipinski definition) is 4. The van der Waals surface area contributed by atoms with Crippen LogP contribution < -0.4 is 5.14 Å². The fourth-order valence-corrected chi connectivity index (χ4v) is 1.24. The van der Waals surface area contributed by atoms with E-state index in [1.54, 1.807) is 0 Å². The first kappa shape index (κ1) is 19.1. The Kier molecular flexibility index (Phi) is 5.69. The lowest BCUT2D eigenvalue weighted by molar-refractivity contribution is -0.192. The maximum Gasteiger partial charge on any atom is 0.490 e. The number of aromatic nitrogens is 1. The van der Waals surface area contributed by atoms with Gasteiger partial charge in [0.2, 0.25) is 0 Å². The van der Waals surface area contributed by atoms with Gasteiger partial charge in [-0.1, -0.05) is 0 Å². The molecule has 1 rings (SSSR count). The van der Waals surface area contributed by atoms with Gasteiger partial charge in [-0.15, -0.1) is 0 Å². The Morgan fingerprint density at radius 3 is 1.90 bits per heavy atom. The van der Waals surface area contributed by atoms with E-state index in [9.17, 15) is 34.8 Å². The van der Waals surface area contributed by atoms with Crippen LogP contribution >= 0.6 is 0 Å². The van der Waals surface area contributed by atoms with Crippen LogP contribution in [0.1, 0.15) is 5.56 Å². The number of alkyl halides is 6. The summed E-state index contributed by atoms with van der Waals surface area (Å²) >= 11 is 0. The first-order valence-electron chi connectivity index (χ1n) is 4.52. The van der Waals surface area contributed by atoms with Crippen LogP contribution in [0.2, 0.25) is 0 Å². The highest BCUT2D eigenvalue weighted by atomic mass is 32.2. The van der Waals surface area contributed by atoms with Crippen molar-refractivity contribution in [1.29, 1.82) is 0 Å². The van der Waals surface area contributed by atoms with Crippen molar-refractivity contribution < 1.29 is 44.7 Å². The van der Waals surface area contributed by atoms with Gasteiger partial charge in [0.05, 0.1) is 5.56 Å². The zero-order chi connectivity index (χ0) is 17.1. The van der Waals surface area contributed by atoms with Crippen molar-refractivity contribution in [2.24, 2.45) is 5.14 Å². The smallest absolute Gasteiger partial charge is 0.475 e. The third kappa shape index (κ3) is 6.89. The number of hydrogen-bond donors (Lipinski definition) is 2. The SMILES string of the molecule is NS(=O)(=O)c1cc(C(F)(F)F)ccn1.O=C(O)C(F)(F)F. The molecule has 21 heavy (non-hydrogen) atoms. The van der Waals surface area contributed by atoms with E-state index in [0.29, 0.717) is 12.1 Å². The van der Waals surface area contributed by atoms with E-state index in [1.165, 1.54) is 0 Å². The summed E-state index contributed by atoms with van der Waals surface area (Å²) in [4.78, 5) is 12.1. The number of halogens is 6. The Morgan fingerprint density at radius 2 is 1.62 bits per heavy atom. The van der Waals surface area contributed by atoms with Crippen LogP contribution in [0, 0.1) is 0 Å². The average molecular weight is 340 g/mol. The molecule has 0 unspecified atom stereocenters. The second-order valence-electron chi connectivity index (χ2n) is 3.23. The van der Waals surface area contributed by atoms with Gasteiger partial charge in [-0.25, -0.2) is 23.3 Å². The average Bonchev–Trinajstić information content (AvgIpc) is 2.26. The molecule has 0 fully saturated rings. The first-order valence-corrected chi connectivity index (χ1v) is 6.06. The number of primary sulfonamides is 1. The van der Waals surface area contributed by atoms with Crippen LogP contribution in [0.4, 0.5) is 26.3 Å². The van der Waals surface area contributed by atoms with E-state index in [0.717, 1.165) is 6.20 Å². The molecule has 120 valence electrons. The van der Waals surface area contributed by atoms with Gasteiger partial charge in [-0.2, -0.15) is 26.3 Å². The molecule has 1 aromatic rings. The Hall–Kier alpha value is -1.89. The van der Waals surface area contributed by atoms with E-state index < -0.39 is 38.9 Å². The molecular formula is C8H6F6N2O4S. The van der Waals surface area contributed by atoms with Gasteiger partial charge < -0.3 is 5.11 Å². The number of carbonyl (C=O) groups is 1. The summed E-state index contributed by atoms with van der Waals surface area (Å²) < 4.78 is 89.3. The predicted molar refractivity (Wildman–Crippen MR) is 54.3 cm³/mol. The zero-order valence-electron chi connectivity index (χ0n) is 9.60. The van der Waals surface area contributed by atoms with Crippen LogP contribution in [0.15, 0.2) is 23.4 Å². The normalized spacial score (nSPS) is 12.3. The minimum absolute atomic E-state index is 0.384. The number of aliphatic carboxylic acids is 1. The van der Waals surface area contributed by atoms with E-state index in [-0.39, 0.29) is 0 Å². The first-order chi connectivity index (χ1) is 9.15. The highest BCUT2D eigenvalue weighted by molar-refractivity contribution is 7.89. The summed E-state index contributed by atoms with van der Waals surface area (Å²) in [5, 5.41) is 10.9. The molecule has 3 N–H and O–H groups in total. The van der Waals surface area contributed by atoms with Crippen molar-refractivity contribution >= 4 is 16.0 Å². The maximum absolute atomic E-state index is 12.1. The van der Waals surface area contributed by atoms with Gasteiger partial charge in [0.25, 0.3) is 10.0 Å². The lowest BCUT2D eigenvalue weighted by Crippen LogP contribution is -2.21. The summed E-state index contributed by atoms with van der Waals surface area (Å²) in [6.07, 6.45) is -8.95. The van der Waals surface area contributed by atoms with Crippen molar-refractivity contribution in [3.63, 3.8) is 0 Å². The molecule has 1 aromatic heterocycles. The number of nitrogens with zero attached hydrogens (tertiary/aromatic N) is 1.